The Hall–Kier alpha value is -3.42. The van der Waals surface area contributed by atoms with Crippen molar-refractivity contribution in [1.29, 1.82) is 0 Å². The van der Waals surface area contributed by atoms with Gasteiger partial charge in [0, 0.05) is 11.6 Å². The average Bonchev–Trinajstić information content (AvgIpc) is 3.16. The number of hydrogen-bond acceptors (Lipinski definition) is 6. The standard InChI is InChI=1S/C17H18N2O6/c1-22-13-9-11(10-14(23-2)16(13)24-3)17(21)19-18-15(20)7-6-12-5-4-8-25-12/h4-10H,1-3H3,(H,18,20)(H,19,21). The van der Waals surface area contributed by atoms with E-state index in [0.29, 0.717) is 23.0 Å². The van der Waals surface area contributed by atoms with E-state index < -0.39 is 11.8 Å². The zero-order valence-electron chi connectivity index (χ0n) is 14.0. The van der Waals surface area contributed by atoms with Crippen LogP contribution in [0.4, 0.5) is 0 Å². The number of furan rings is 1. The first-order chi connectivity index (χ1) is 12.1. The third kappa shape index (κ3) is 4.54. The second kappa shape index (κ2) is 8.44. The summed E-state index contributed by atoms with van der Waals surface area (Å²) in [6.45, 7) is 0. The molecule has 8 heteroatoms. The summed E-state index contributed by atoms with van der Waals surface area (Å²) in [6, 6.07) is 6.34. The molecule has 2 N–H and O–H groups in total. The summed E-state index contributed by atoms with van der Waals surface area (Å²) in [6.07, 6.45) is 4.19. The van der Waals surface area contributed by atoms with Crippen molar-refractivity contribution >= 4 is 17.9 Å². The quantitative estimate of drug-likeness (QED) is 0.611. The zero-order valence-corrected chi connectivity index (χ0v) is 14.0. The zero-order chi connectivity index (χ0) is 18.2. The molecule has 0 radical (unpaired) electrons. The van der Waals surface area contributed by atoms with Gasteiger partial charge in [0.2, 0.25) is 5.75 Å². The maximum Gasteiger partial charge on any atom is 0.269 e. The van der Waals surface area contributed by atoms with Gasteiger partial charge in [-0.05, 0) is 30.3 Å². The molecule has 0 spiro atoms. The summed E-state index contributed by atoms with van der Waals surface area (Å²) in [7, 11) is 4.35. The Balaban J connectivity index is 2.04. The first-order valence-electron chi connectivity index (χ1n) is 7.21. The molecular formula is C17H18N2O6. The van der Waals surface area contributed by atoms with E-state index in [1.54, 1.807) is 12.1 Å². The summed E-state index contributed by atoms with van der Waals surface area (Å²) in [5, 5.41) is 0. The van der Waals surface area contributed by atoms with Crippen LogP contribution in [0.2, 0.25) is 0 Å². The van der Waals surface area contributed by atoms with Gasteiger partial charge in [-0.25, -0.2) is 0 Å². The molecule has 0 saturated heterocycles. The van der Waals surface area contributed by atoms with Crippen LogP contribution in [0.1, 0.15) is 16.1 Å². The highest BCUT2D eigenvalue weighted by atomic mass is 16.5. The Morgan fingerprint density at radius 3 is 2.24 bits per heavy atom. The van der Waals surface area contributed by atoms with Crippen molar-refractivity contribution in [3.05, 3.63) is 47.9 Å². The van der Waals surface area contributed by atoms with Crippen molar-refractivity contribution in [3.63, 3.8) is 0 Å². The number of carbonyl (C=O) groups is 2. The molecule has 1 heterocycles. The molecule has 0 atom stereocenters. The molecule has 132 valence electrons. The van der Waals surface area contributed by atoms with E-state index in [-0.39, 0.29) is 5.56 Å². The molecule has 0 fully saturated rings. The lowest BCUT2D eigenvalue weighted by Crippen LogP contribution is -2.40. The van der Waals surface area contributed by atoms with Gasteiger partial charge < -0.3 is 18.6 Å². The highest BCUT2D eigenvalue weighted by Gasteiger charge is 2.17. The van der Waals surface area contributed by atoms with Crippen molar-refractivity contribution in [2.45, 2.75) is 0 Å². The maximum atomic E-state index is 12.2. The summed E-state index contributed by atoms with van der Waals surface area (Å²) in [5.41, 5.74) is 4.79. The van der Waals surface area contributed by atoms with Gasteiger partial charge in [0.05, 0.1) is 27.6 Å². The lowest BCUT2D eigenvalue weighted by atomic mass is 10.1. The fourth-order valence-corrected chi connectivity index (χ4v) is 1.99. The number of rotatable bonds is 6. The lowest BCUT2D eigenvalue weighted by molar-refractivity contribution is -0.117. The molecule has 1 aromatic heterocycles. The molecule has 2 rings (SSSR count). The van der Waals surface area contributed by atoms with Crippen LogP contribution >= 0.6 is 0 Å². The monoisotopic (exact) mass is 346 g/mol. The van der Waals surface area contributed by atoms with Gasteiger partial charge in [-0.15, -0.1) is 0 Å². The van der Waals surface area contributed by atoms with Gasteiger partial charge in [0.15, 0.2) is 11.5 Å². The van der Waals surface area contributed by atoms with Gasteiger partial charge in [-0.1, -0.05) is 0 Å². The summed E-state index contributed by atoms with van der Waals surface area (Å²) < 4.78 is 20.6. The van der Waals surface area contributed by atoms with Crippen molar-refractivity contribution in [1.82, 2.24) is 10.9 Å². The Labute approximate surface area is 144 Å². The summed E-state index contributed by atoms with van der Waals surface area (Å²) in [4.78, 5) is 23.9. The predicted octanol–water partition coefficient (Wildman–Crippen LogP) is 1.78. The maximum absolute atomic E-state index is 12.2. The number of ether oxygens (including phenoxy) is 3. The van der Waals surface area contributed by atoms with Gasteiger partial charge >= 0.3 is 0 Å². The predicted molar refractivity (Wildman–Crippen MR) is 89.4 cm³/mol. The van der Waals surface area contributed by atoms with Gasteiger partial charge in [-0.3, -0.25) is 20.4 Å². The van der Waals surface area contributed by atoms with E-state index in [4.69, 9.17) is 18.6 Å². The van der Waals surface area contributed by atoms with Crippen molar-refractivity contribution < 1.29 is 28.2 Å². The van der Waals surface area contributed by atoms with Crippen LogP contribution in [-0.4, -0.2) is 33.1 Å². The van der Waals surface area contributed by atoms with E-state index in [0.717, 1.165) is 0 Å². The van der Waals surface area contributed by atoms with Crippen molar-refractivity contribution in [2.24, 2.45) is 0 Å². The van der Waals surface area contributed by atoms with Crippen LogP contribution in [0, 0.1) is 0 Å². The van der Waals surface area contributed by atoms with Crippen LogP contribution in [0.15, 0.2) is 41.0 Å². The average molecular weight is 346 g/mol. The fourth-order valence-electron chi connectivity index (χ4n) is 1.99. The molecule has 0 aliphatic rings. The van der Waals surface area contributed by atoms with Crippen LogP contribution in [0.5, 0.6) is 17.2 Å². The minimum atomic E-state index is -0.543. The number of methoxy groups -OCH3 is 3. The SMILES string of the molecule is COc1cc(C(=O)NNC(=O)C=Cc2ccco2)cc(OC)c1OC. The number of benzene rings is 1. The Bertz CT molecular complexity index is 742. The highest BCUT2D eigenvalue weighted by Crippen LogP contribution is 2.38. The number of hydrogen-bond donors (Lipinski definition) is 2. The minimum absolute atomic E-state index is 0.227. The molecule has 25 heavy (non-hydrogen) atoms. The molecule has 1 aromatic carbocycles. The number of carbonyl (C=O) groups excluding carboxylic acids is 2. The molecule has 0 bridgehead atoms. The van der Waals surface area contributed by atoms with Crippen molar-refractivity contribution in [2.75, 3.05) is 21.3 Å². The lowest BCUT2D eigenvalue weighted by Gasteiger charge is -2.14. The number of nitrogens with one attached hydrogen (secondary N) is 2. The second-order valence-corrected chi connectivity index (χ2v) is 4.71. The highest BCUT2D eigenvalue weighted by molar-refractivity contribution is 5.98. The second-order valence-electron chi connectivity index (χ2n) is 4.71. The molecule has 0 saturated carbocycles. The normalized spacial score (nSPS) is 10.4. The largest absolute Gasteiger partial charge is 0.493 e. The first-order valence-corrected chi connectivity index (χ1v) is 7.21. The Kier molecular flexibility index (Phi) is 6.05. The number of amides is 2. The van der Waals surface area contributed by atoms with Crippen LogP contribution in [0.25, 0.3) is 6.08 Å². The van der Waals surface area contributed by atoms with Crippen LogP contribution in [-0.2, 0) is 4.79 Å². The third-order valence-electron chi connectivity index (χ3n) is 3.17. The molecule has 2 aromatic rings. The summed E-state index contributed by atoms with van der Waals surface area (Å²) >= 11 is 0. The Morgan fingerprint density at radius 1 is 1.04 bits per heavy atom. The van der Waals surface area contributed by atoms with E-state index >= 15 is 0 Å². The van der Waals surface area contributed by atoms with Crippen molar-refractivity contribution in [3.8, 4) is 17.2 Å². The van der Waals surface area contributed by atoms with Crippen LogP contribution < -0.4 is 25.1 Å². The van der Waals surface area contributed by atoms with Crippen LogP contribution in [0.3, 0.4) is 0 Å². The molecular weight excluding hydrogens is 328 g/mol. The summed E-state index contributed by atoms with van der Waals surface area (Å²) in [5.74, 6) is 0.487. The molecule has 8 nitrogen and oxygen atoms in total. The van der Waals surface area contributed by atoms with Gasteiger partial charge in [0.1, 0.15) is 5.76 Å². The molecule has 0 aliphatic heterocycles. The van der Waals surface area contributed by atoms with E-state index in [1.165, 1.54) is 51.9 Å². The van der Waals surface area contributed by atoms with E-state index in [9.17, 15) is 9.59 Å². The smallest absolute Gasteiger partial charge is 0.269 e. The molecule has 2 amide bonds. The van der Waals surface area contributed by atoms with Gasteiger partial charge in [-0.2, -0.15) is 0 Å². The minimum Gasteiger partial charge on any atom is -0.493 e. The van der Waals surface area contributed by atoms with Gasteiger partial charge in [0.25, 0.3) is 11.8 Å². The third-order valence-corrected chi connectivity index (χ3v) is 3.17. The molecule has 0 aliphatic carbocycles. The Morgan fingerprint density at radius 2 is 1.72 bits per heavy atom. The fraction of sp³-hybridized carbons (Fsp3) is 0.176. The first kappa shape index (κ1) is 17.9. The van der Waals surface area contributed by atoms with E-state index in [2.05, 4.69) is 10.9 Å². The number of hydrazine groups is 1. The van der Waals surface area contributed by atoms with E-state index in [1.807, 2.05) is 0 Å². The molecule has 0 unspecified atom stereocenters. The topological polar surface area (TPSA) is 99.0 Å².